The number of ether oxygens (including phenoxy) is 1. The van der Waals surface area contributed by atoms with Gasteiger partial charge in [0.25, 0.3) is 6.47 Å². The van der Waals surface area contributed by atoms with Crippen LogP contribution in [0.4, 0.5) is 0 Å². The number of rotatable bonds is 22. The molecule has 1 unspecified atom stereocenters. The highest BCUT2D eigenvalue weighted by atomic mass is 35.5. The van der Waals surface area contributed by atoms with E-state index in [0.717, 1.165) is 18.5 Å². The Bertz CT molecular complexity index is 1160. The standard InChI is InChI=1S/C20H39ClO3S.C10H13ClN4O2/c1-3-4-5-6-7-8-9-10-11-12-13-14-15-16-17-25(23,24)18-19(2)20(21)22;1-6-7(11)8-12-13-9(15(8)14-6)10(2,3)4-17-5-16/h19H,3-18H2,1-2H3;5,14H,4H2,1-3H3. The van der Waals surface area contributed by atoms with E-state index in [0.29, 0.717) is 29.4 Å². The number of nitrogens with one attached hydrogen (secondary N) is 1. The second-order valence-electron chi connectivity index (χ2n) is 11.9. The lowest BCUT2D eigenvalue weighted by Crippen LogP contribution is -2.27. The number of unbranched alkanes of at least 4 members (excludes halogenated alkanes) is 13. The third-order valence-corrected chi connectivity index (χ3v) is 10.0. The lowest BCUT2D eigenvalue weighted by molar-refractivity contribution is -0.130. The van der Waals surface area contributed by atoms with Crippen LogP contribution in [0, 0.1) is 12.8 Å². The van der Waals surface area contributed by atoms with Crippen molar-refractivity contribution in [2.24, 2.45) is 5.92 Å². The number of hydrogen-bond acceptors (Lipinski definition) is 7. The molecule has 2 rings (SSSR count). The Labute approximate surface area is 262 Å². The minimum atomic E-state index is -3.15. The zero-order chi connectivity index (χ0) is 31.6. The van der Waals surface area contributed by atoms with E-state index in [2.05, 4.69) is 22.2 Å². The predicted octanol–water partition coefficient (Wildman–Crippen LogP) is 7.75. The van der Waals surface area contributed by atoms with Gasteiger partial charge in [0, 0.05) is 5.92 Å². The van der Waals surface area contributed by atoms with E-state index in [1.807, 2.05) is 20.8 Å². The summed E-state index contributed by atoms with van der Waals surface area (Å²) in [4.78, 5) is 21.2. The van der Waals surface area contributed by atoms with Crippen LogP contribution in [0.5, 0.6) is 0 Å². The van der Waals surface area contributed by atoms with E-state index in [1.54, 1.807) is 11.4 Å². The highest BCUT2D eigenvalue weighted by Gasteiger charge is 2.29. The second-order valence-corrected chi connectivity index (χ2v) is 14.9. The minimum Gasteiger partial charge on any atom is -0.467 e. The Morgan fingerprint density at radius 2 is 1.48 bits per heavy atom. The number of carbonyl (C=O) groups is 2. The molecule has 0 aliphatic heterocycles. The Kier molecular flexibility index (Phi) is 18.6. The molecule has 0 saturated carbocycles. The molecule has 1 atom stereocenters. The molecule has 12 heteroatoms. The zero-order valence-electron chi connectivity index (χ0n) is 26.2. The lowest BCUT2D eigenvalue weighted by Gasteiger charge is -2.20. The van der Waals surface area contributed by atoms with Crippen LogP contribution in [-0.2, 0) is 29.6 Å². The van der Waals surface area contributed by atoms with Crippen LogP contribution in [0.2, 0.25) is 5.02 Å². The van der Waals surface area contributed by atoms with Crippen LogP contribution in [0.25, 0.3) is 5.65 Å². The molecule has 0 fully saturated rings. The summed E-state index contributed by atoms with van der Waals surface area (Å²) in [6.07, 6.45) is 17.5. The predicted molar refractivity (Wildman–Crippen MR) is 171 cm³/mol. The van der Waals surface area contributed by atoms with Crippen LogP contribution in [0.15, 0.2) is 0 Å². The third-order valence-electron chi connectivity index (χ3n) is 7.29. The molecule has 42 heavy (non-hydrogen) atoms. The maximum atomic E-state index is 11.9. The molecule has 0 spiro atoms. The summed E-state index contributed by atoms with van der Waals surface area (Å²) in [6, 6.07) is 0. The number of halogens is 2. The van der Waals surface area contributed by atoms with Gasteiger partial charge >= 0.3 is 0 Å². The van der Waals surface area contributed by atoms with Gasteiger partial charge in [0.1, 0.15) is 11.6 Å². The number of sulfone groups is 1. The van der Waals surface area contributed by atoms with Crippen molar-refractivity contribution >= 4 is 50.4 Å². The molecule has 9 nitrogen and oxygen atoms in total. The van der Waals surface area contributed by atoms with Gasteiger partial charge in [-0.05, 0) is 38.8 Å². The quantitative estimate of drug-likeness (QED) is 0.0784. The van der Waals surface area contributed by atoms with Gasteiger partial charge in [0.15, 0.2) is 21.3 Å². The first-order valence-electron chi connectivity index (χ1n) is 15.4. The van der Waals surface area contributed by atoms with Crippen LogP contribution in [-0.4, -0.2) is 58.1 Å². The first-order valence-corrected chi connectivity index (χ1v) is 18.0. The van der Waals surface area contributed by atoms with E-state index in [1.165, 1.54) is 70.6 Å². The maximum absolute atomic E-state index is 11.9. The molecule has 0 saturated heterocycles. The average Bonchev–Trinajstić information content (AvgIpc) is 3.47. The molecule has 2 aromatic heterocycles. The number of fused-ring (bicyclic) bond motifs is 1. The summed E-state index contributed by atoms with van der Waals surface area (Å²) in [5.41, 5.74) is 0.962. The number of nitrogens with zero attached hydrogens (tertiary/aromatic N) is 3. The first kappa shape index (κ1) is 38.4. The van der Waals surface area contributed by atoms with Gasteiger partial charge in [-0.1, -0.05) is 109 Å². The Morgan fingerprint density at radius 3 is 1.95 bits per heavy atom. The van der Waals surface area contributed by atoms with E-state index < -0.39 is 26.4 Å². The topological polar surface area (TPSA) is 123 Å². The van der Waals surface area contributed by atoms with Crippen LogP contribution < -0.4 is 0 Å². The van der Waals surface area contributed by atoms with Gasteiger partial charge < -0.3 is 4.74 Å². The second kappa shape index (κ2) is 20.3. The van der Waals surface area contributed by atoms with Crippen molar-refractivity contribution in [1.82, 2.24) is 19.8 Å². The largest absolute Gasteiger partial charge is 0.467 e. The zero-order valence-corrected chi connectivity index (χ0v) is 28.6. The average molecular weight is 652 g/mol. The fraction of sp³-hybridized carbons (Fsp3) is 0.800. The third kappa shape index (κ3) is 14.7. The molecule has 1 N–H and O–H groups in total. The molecule has 0 bridgehead atoms. The van der Waals surface area contributed by atoms with E-state index in [-0.39, 0.29) is 18.1 Å². The molecule has 2 aromatic rings. The summed E-state index contributed by atoms with van der Waals surface area (Å²) in [5, 5.41) is 11.2. The number of carbonyl (C=O) groups excluding carboxylic acids is 2. The van der Waals surface area contributed by atoms with Gasteiger partial charge in [0.05, 0.1) is 22.6 Å². The summed E-state index contributed by atoms with van der Waals surface area (Å²) in [5.74, 6) is 0.135. The molecule has 0 amide bonds. The summed E-state index contributed by atoms with van der Waals surface area (Å²) >= 11 is 11.4. The van der Waals surface area contributed by atoms with Gasteiger partial charge in [0.2, 0.25) is 5.24 Å². The lowest BCUT2D eigenvalue weighted by atomic mass is 9.94. The van der Waals surface area contributed by atoms with Crippen molar-refractivity contribution in [3.63, 3.8) is 0 Å². The first-order chi connectivity index (χ1) is 19.9. The normalized spacial score (nSPS) is 12.6. The number of aromatic amines is 1. The van der Waals surface area contributed by atoms with Crippen LogP contribution in [0.3, 0.4) is 0 Å². The van der Waals surface area contributed by atoms with Gasteiger partial charge in [-0.3, -0.25) is 14.7 Å². The molecule has 0 aromatic carbocycles. The number of aryl methyl sites for hydroxylation is 1. The van der Waals surface area contributed by atoms with Crippen molar-refractivity contribution in [1.29, 1.82) is 0 Å². The van der Waals surface area contributed by atoms with Crippen molar-refractivity contribution in [3.8, 4) is 0 Å². The summed E-state index contributed by atoms with van der Waals surface area (Å²) in [6.45, 7) is 10.2. The number of hydrogen-bond donors (Lipinski definition) is 1. The molecule has 242 valence electrons. The molecule has 0 aliphatic carbocycles. The van der Waals surface area contributed by atoms with E-state index >= 15 is 0 Å². The Hall–Kier alpha value is -1.65. The Balaban J connectivity index is 0.000000448. The molecule has 0 aliphatic rings. The van der Waals surface area contributed by atoms with Crippen LogP contribution >= 0.6 is 23.2 Å². The van der Waals surface area contributed by atoms with Crippen molar-refractivity contribution in [2.75, 3.05) is 18.1 Å². The Morgan fingerprint density at radius 1 is 0.976 bits per heavy atom. The monoisotopic (exact) mass is 650 g/mol. The summed E-state index contributed by atoms with van der Waals surface area (Å²) < 4.78 is 30.2. The van der Waals surface area contributed by atoms with Crippen molar-refractivity contribution in [3.05, 3.63) is 16.5 Å². The number of H-pyrrole nitrogens is 1. The highest BCUT2D eigenvalue weighted by Crippen LogP contribution is 2.26. The summed E-state index contributed by atoms with van der Waals surface area (Å²) in [7, 11) is -3.15. The SMILES string of the molecule is CCCCCCCCCCCCCCCCS(=O)(=O)CC(C)C(=O)Cl.Cc1[nH]n2c(C(C)(C)COC=O)nnc2c1Cl. The van der Waals surface area contributed by atoms with E-state index in [4.69, 9.17) is 27.9 Å². The van der Waals surface area contributed by atoms with Gasteiger partial charge in [-0.25, -0.2) is 12.9 Å². The molecule has 2 heterocycles. The smallest absolute Gasteiger partial charge is 0.293 e. The fourth-order valence-corrected chi connectivity index (χ4v) is 6.77. The van der Waals surface area contributed by atoms with Crippen LogP contribution in [0.1, 0.15) is 129 Å². The van der Waals surface area contributed by atoms with Gasteiger partial charge in [-0.2, -0.15) is 0 Å². The maximum Gasteiger partial charge on any atom is 0.293 e. The van der Waals surface area contributed by atoms with Crippen molar-refractivity contribution in [2.45, 2.75) is 130 Å². The minimum absolute atomic E-state index is 0.117. The highest BCUT2D eigenvalue weighted by molar-refractivity contribution is 7.91. The van der Waals surface area contributed by atoms with Gasteiger partial charge in [-0.15, -0.1) is 10.2 Å². The van der Waals surface area contributed by atoms with E-state index in [9.17, 15) is 18.0 Å². The molecular weight excluding hydrogens is 599 g/mol. The fourth-order valence-electron chi connectivity index (χ4n) is 4.71. The molecule has 0 radical (unpaired) electrons. The van der Waals surface area contributed by atoms with Crippen molar-refractivity contribution < 1.29 is 22.7 Å². The molecular formula is C30H52Cl2N4O5S. The number of aromatic nitrogens is 4.